The van der Waals surface area contributed by atoms with Gasteiger partial charge in [0.05, 0.1) is 0 Å². The van der Waals surface area contributed by atoms with Crippen molar-refractivity contribution in [2.45, 2.75) is 45.3 Å². The van der Waals surface area contributed by atoms with E-state index in [0.717, 1.165) is 12.8 Å². The van der Waals surface area contributed by atoms with Gasteiger partial charge in [0, 0.05) is 6.92 Å². The molecule has 1 aliphatic heterocycles. The zero-order valence-electron chi connectivity index (χ0n) is 7.91. The molecule has 0 aromatic carbocycles. The summed E-state index contributed by atoms with van der Waals surface area (Å²) in [6.45, 7) is 3.25. The maximum Gasteiger partial charge on any atom is 0.347 e. The lowest BCUT2D eigenvalue weighted by Gasteiger charge is -2.26. The summed E-state index contributed by atoms with van der Waals surface area (Å²) in [5.74, 6) is -0.842. The van der Waals surface area contributed by atoms with E-state index in [0.29, 0.717) is 6.42 Å². The Morgan fingerprint density at radius 2 is 2.31 bits per heavy atom. The minimum Gasteiger partial charge on any atom is -0.460 e. The van der Waals surface area contributed by atoms with E-state index in [4.69, 9.17) is 9.47 Å². The van der Waals surface area contributed by atoms with Crippen molar-refractivity contribution in [1.29, 1.82) is 0 Å². The number of hydrogen-bond acceptors (Lipinski definition) is 4. The molecule has 13 heavy (non-hydrogen) atoms. The van der Waals surface area contributed by atoms with E-state index in [2.05, 4.69) is 0 Å². The Bertz CT molecular complexity index is 212. The van der Waals surface area contributed by atoms with Crippen molar-refractivity contribution in [3.05, 3.63) is 0 Å². The van der Waals surface area contributed by atoms with E-state index < -0.39 is 18.0 Å². The first-order valence-electron chi connectivity index (χ1n) is 4.51. The summed E-state index contributed by atoms with van der Waals surface area (Å²) in [4.78, 5) is 21.8. The van der Waals surface area contributed by atoms with Crippen molar-refractivity contribution in [2.75, 3.05) is 0 Å². The van der Waals surface area contributed by atoms with Crippen molar-refractivity contribution >= 4 is 11.9 Å². The Labute approximate surface area is 77.2 Å². The summed E-state index contributed by atoms with van der Waals surface area (Å²) < 4.78 is 9.82. The summed E-state index contributed by atoms with van der Waals surface area (Å²) >= 11 is 0. The molecule has 0 spiro atoms. The minimum absolute atomic E-state index is 0.000641. The van der Waals surface area contributed by atoms with Crippen LogP contribution in [0, 0.1) is 0 Å². The molecule has 2 atom stereocenters. The maximum absolute atomic E-state index is 11.2. The zero-order chi connectivity index (χ0) is 9.84. The lowest BCUT2D eigenvalue weighted by atomic mass is 10.0. The van der Waals surface area contributed by atoms with E-state index in [-0.39, 0.29) is 6.10 Å². The number of carbonyl (C=O) groups excluding carboxylic acids is 2. The molecular formula is C9H14O4. The third-order valence-corrected chi connectivity index (χ3v) is 2.06. The highest BCUT2D eigenvalue weighted by atomic mass is 16.6. The highest BCUT2D eigenvalue weighted by molar-refractivity contribution is 5.79. The summed E-state index contributed by atoms with van der Waals surface area (Å²) in [6, 6.07) is 0. The molecule has 0 saturated carbocycles. The molecule has 0 N–H and O–H groups in total. The fourth-order valence-electron chi connectivity index (χ4n) is 1.35. The van der Waals surface area contributed by atoms with Crippen LogP contribution in [0.3, 0.4) is 0 Å². The zero-order valence-corrected chi connectivity index (χ0v) is 7.91. The molecule has 4 heteroatoms. The van der Waals surface area contributed by atoms with Gasteiger partial charge in [0.1, 0.15) is 6.10 Å². The number of esters is 2. The Balaban J connectivity index is 2.44. The summed E-state index contributed by atoms with van der Waals surface area (Å²) in [6.07, 6.45) is 1.50. The van der Waals surface area contributed by atoms with E-state index in [1.165, 1.54) is 6.92 Å². The second-order valence-corrected chi connectivity index (χ2v) is 3.14. The standard InChI is InChI=1S/C9H14O4/c1-3-7-4-5-8(9(11)13-7)12-6(2)10/h7-8H,3-5H2,1-2H3. The predicted octanol–water partition coefficient (Wildman–Crippen LogP) is 1.03. The van der Waals surface area contributed by atoms with Gasteiger partial charge < -0.3 is 9.47 Å². The molecule has 4 nitrogen and oxygen atoms in total. The third-order valence-electron chi connectivity index (χ3n) is 2.06. The number of rotatable bonds is 2. The number of ether oxygens (including phenoxy) is 2. The van der Waals surface area contributed by atoms with Crippen LogP contribution in [0.15, 0.2) is 0 Å². The fourth-order valence-corrected chi connectivity index (χ4v) is 1.35. The van der Waals surface area contributed by atoms with Gasteiger partial charge in [0.15, 0.2) is 6.10 Å². The van der Waals surface area contributed by atoms with E-state index in [1.807, 2.05) is 6.92 Å². The highest BCUT2D eigenvalue weighted by Gasteiger charge is 2.31. The Morgan fingerprint density at radius 1 is 1.62 bits per heavy atom. The topological polar surface area (TPSA) is 52.6 Å². The Kier molecular flexibility index (Phi) is 3.28. The van der Waals surface area contributed by atoms with Crippen molar-refractivity contribution < 1.29 is 19.1 Å². The van der Waals surface area contributed by atoms with E-state index in [1.54, 1.807) is 0 Å². The van der Waals surface area contributed by atoms with Gasteiger partial charge in [-0.05, 0) is 19.3 Å². The first kappa shape index (κ1) is 10.0. The minimum atomic E-state index is -0.680. The Hall–Kier alpha value is -1.06. The van der Waals surface area contributed by atoms with Gasteiger partial charge in [0.25, 0.3) is 0 Å². The van der Waals surface area contributed by atoms with Crippen molar-refractivity contribution in [3.8, 4) is 0 Å². The van der Waals surface area contributed by atoms with Gasteiger partial charge in [-0.2, -0.15) is 0 Å². The third kappa shape index (κ3) is 2.72. The van der Waals surface area contributed by atoms with Gasteiger partial charge in [-0.15, -0.1) is 0 Å². The van der Waals surface area contributed by atoms with Gasteiger partial charge in [-0.1, -0.05) is 6.92 Å². The highest BCUT2D eigenvalue weighted by Crippen LogP contribution is 2.19. The molecular weight excluding hydrogens is 172 g/mol. The van der Waals surface area contributed by atoms with Crippen LogP contribution in [0.1, 0.15) is 33.1 Å². The Morgan fingerprint density at radius 3 is 2.77 bits per heavy atom. The van der Waals surface area contributed by atoms with Crippen molar-refractivity contribution in [1.82, 2.24) is 0 Å². The number of carbonyl (C=O) groups is 2. The second-order valence-electron chi connectivity index (χ2n) is 3.14. The lowest BCUT2D eigenvalue weighted by Crippen LogP contribution is -2.37. The molecule has 1 rings (SSSR count). The van der Waals surface area contributed by atoms with Crippen molar-refractivity contribution in [3.63, 3.8) is 0 Å². The van der Waals surface area contributed by atoms with Crippen molar-refractivity contribution in [2.24, 2.45) is 0 Å². The van der Waals surface area contributed by atoms with Crippen LogP contribution in [0.2, 0.25) is 0 Å². The van der Waals surface area contributed by atoms with Crippen LogP contribution >= 0.6 is 0 Å². The molecule has 1 saturated heterocycles. The molecule has 74 valence electrons. The number of cyclic esters (lactones) is 1. The largest absolute Gasteiger partial charge is 0.460 e. The van der Waals surface area contributed by atoms with Crippen LogP contribution in [0.4, 0.5) is 0 Å². The molecule has 1 aliphatic rings. The summed E-state index contributed by atoms with van der Waals surface area (Å²) in [5.41, 5.74) is 0. The summed E-state index contributed by atoms with van der Waals surface area (Å²) in [7, 11) is 0. The smallest absolute Gasteiger partial charge is 0.347 e. The first-order chi connectivity index (χ1) is 6.13. The van der Waals surface area contributed by atoms with Gasteiger partial charge in [-0.25, -0.2) is 4.79 Å². The van der Waals surface area contributed by atoms with E-state index in [9.17, 15) is 9.59 Å². The van der Waals surface area contributed by atoms with Crippen LogP contribution in [-0.4, -0.2) is 24.1 Å². The number of hydrogen-bond donors (Lipinski definition) is 0. The predicted molar refractivity (Wildman–Crippen MR) is 45.0 cm³/mol. The molecule has 0 radical (unpaired) electrons. The molecule has 0 aromatic rings. The quantitative estimate of drug-likeness (QED) is 0.604. The van der Waals surface area contributed by atoms with Gasteiger partial charge in [-0.3, -0.25) is 4.79 Å². The first-order valence-corrected chi connectivity index (χ1v) is 4.51. The van der Waals surface area contributed by atoms with Crippen LogP contribution in [0.5, 0.6) is 0 Å². The maximum atomic E-state index is 11.2. The van der Waals surface area contributed by atoms with Crippen LogP contribution < -0.4 is 0 Å². The fraction of sp³-hybridized carbons (Fsp3) is 0.778. The average Bonchev–Trinajstić information content (AvgIpc) is 2.08. The lowest BCUT2D eigenvalue weighted by molar-refractivity contribution is -0.177. The second kappa shape index (κ2) is 4.25. The molecule has 2 unspecified atom stereocenters. The van der Waals surface area contributed by atoms with Crippen LogP contribution in [-0.2, 0) is 19.1 Å². The monoisotopic (exact) mass is 186 g/mol. The van der Waals surface area contributed by atoms with Crippen LogP contribution in [0.25, 0.3) is 0 Å². The molecule has 0 amide bonds. The molecule has 1 fully saturated rings. The van der Waals surface area contributed by atoms with E-state index >= 15 is 0 Å². The normalized spacial score (nSPS) is 28.0. The summed E-state index contributed by atoms with van der Waals surface area (Å²) in [5, 5.41) is 0. The van der Waals surface area contributed by atoms with Gasteiger partial charge >= 0.3 is 11.9 Å². The average molecular weight is 186 g/mol. The molecule has 0 aliphatic carbocycles. The molecule has 1 heterocycles. The molecule has 0 bridgehead atoms. The SMILES string of the molecule is CCC1CCC(OC(C)=O)C(=O)O1. The molecule has 0 aromatic heterocycles. The van der Waals surface area contributed by atoms with Gasteiger partial charge in [0.2, 0.25) is 0 Å².